The Balaban J connectivity index is 2.14. The van der Waals surface area contributed by atoms with Crippen LogP contribution in [0.5, 0.6) is 11.5 Å². The highest BCUT2D eigenvalue weighted by atomic mass is 19.3. The molecule has 5 nitrogen and oxygen atoms in total. The summed E-state index contributed by atoms with van der Waals surface area (Å²) in [4.78, 5) is 0. The average Bonchev–Trinajstić information content (AvgIpc) is 2.72. The van der Waals surface area contributed by atoms with Crippen LogP contribution in [-0.4, -0.2) is 18.4 Å². The second-order valence-electron chi connectivity index (χ2n) is 4.35. The van der Waals surface area contributed by atoms with Crippen molar-refractivity contribution in [2.75, 3.05) is 18.9 Å². The third-order valence-corrected chi connectivity index (χ3v) is 2.95. The monoisotopic (exact) mass is 282 g/mol. The lowest BCUT2D eigenvalue weighted by Crippen LogP contribution is -1.97. The molecule has 0 unspecified atom stereocenters. The zero-order valence-electron chi connectivity index (χ0n) is 10.4. The van der Waals surface area contributed by atoms with Crippen LogP contribution in [0.4, 0.5) is 14.6 Å². The van der Waals surface area contributed by atoms with Crippen molar-refractivity contribution in [3.63, 3.8) is 0 Å². The Hall–Kier alpha value is -2.31. The number of rotatable bonds is 2. The Kier molecular flexibility index (Phi) is 3.17. The van der Waals surface area contributed by atoms with Gasteiger partial charge in [-0.1, -0.05) is 5.16 Å². The molecule has 0 atom stereocenters. The minimum absolute atomic E-state index is 0.132. The van der Waals surface area contributed by atoms with Gasteiger partial charge in [-0.15, -0.1) is 0 Å². The molecule has 106 valence electrons. The molecule has 7 heteroatoms. The molecular weight excluding hydrogens is 270 g/mol. The predicted molar refractivity (Wildman–Crippen MR) is 66.9 cm³/mol. The summed E-state index contributed by atoms with van der Waals surface area (Å²) in [6.45, 7) is 0.906. The molecule has 1 aromatic heterocycles. The third-order valence-electron chi connectivity index (χ3n) is 2.95. The predicted octanol–water partition coefficient (Wildman–Crippen LogP) is 3.02. The summed E-state index contributed by atoms with van der Waals surface area (Å²) in [5.74, 6) is 1.03. The largest absolute Gasteiger partial charge is 0.490 e. The molecule has 2 N–H and O–H groups in total. The summed E-state index contributed by atoms with van der Waals surface area (Å²) in [5.41, 5.74) is 5.46. The molecule has 1 aliphatic heterocycles. The molecule has 3 rings (SSSR count). The second-order valence-corrected chi connectivity index (χ2v) is 4.35. The number of ether oxygens (including phenoxy) is 2. The summed E-state index contributed by atoms with van der Waals surface area (Å²) in [7, 11) is 0. The Morgan fingerprint density at radius 3 is 2.40 bits per heavy atom. The first-order chi connectivity index (χ1) is 9.65. The molecule has 0 spiro atoms. The van der Waals surface area contributed by atoms with Crippen LogP contribution in [0.25, 0.3) is 11.3 Å². The lowest BCUT2D eigenvalue weighted by molar-refractivity contribution is 0.151. The highest BCUT2D eigenvalue weighted by molar-refractivity contribution is 5.69. The summed E-state index contributed by atoms with van der Waals surface area (Å²) >= 11 is 0. The first kappa shape index (κ1) is 12.7. The molecule has 0 amide bonds. The van der Waals surface area contributed by atoms with Gasteiger partial charge in [-0.2, -0.15) is 0 Å². The van der Waals surface area contributed by atoms with Crippen molar-refractivity contribution in [1.29, 1.82) is 0 Å². The zero-order chi connectivity index (χ0) is 14.1. The van der Waals surface area contributed by atoms with Crippen LogP contribution in [0.1, 0.15) is 18.4 Å². The fourth-order valence-electron chi connectivity index (χ4n) is 2.03. The molecule has 0 saturated carbocycles. The van der Waals surface area contributed by atoms with E-state index in [1.807, 2.05) is 0 Å². The van der Waals surface area contributed by atoms with Crippen molar-refractivity contribution >= 4 is 5.82 Å². The Bertz CT molecular complexity index is 628. The summed E-state index contributed by atoms with van der Waals surface area (Å²) in [6, 6.07) is 4.15. The number of nitrogens with two attached hydrogens (primary N) is 1. The van der Waals surface area contributed by atoms with Crippen molar-refractivity contribution in [3.8, 4) is 22.8 Å². The van der Waals surface area contributed by atoms with Gasteiger partial charge in [0.15, 0.2) is 23.1 Å². The molecule has 0 saturated heterocycles. The molecule has 0 fully saturated rings. The van der Waals surface area contributed by atoms with Crippen molar-refractivity contribution in [3.05, 3.63) is 23.8 Å². The molecule has 0 bridgehead atoms. The van der Waals surface area contributed by atoms with E-state index in [1.54, 1.807) is 0 Å². The maximum absolute atomic E-state index is 13.2. The van der Waals surface area contributed by atoms with E-state index in [-0.39, 0.29) is 22.7 Å². The minimum Gasteiger partial charge on any atom is -0.490 e. The summed E-state index contributed by atoms with van der Waals surface area (Å²) in [5, 5.41) is 3.51. The Labute approximate surface area is 113 Å². The van der Waals surface area contributed by atoms with Crippen LogP contribution >= 0.6 is 0 Å². The van der Waals surface area contributed by atoms with E-state index in [2.05, 4.69) is 5.16 Å². The Morgan fingerprint density at radius 1 is 1.10 bits per heavy atom. The van der Waals surface area contributed by atoms with Crippen LogP contribution in [0, 0.1) is 0 Å². The number of anilines is 1. The Morgan fingerprint density at radius 2 is 1.80 bits per heavy atom. The van der Waals surface area contributed by atoms with Gasteiger partial charge in [0.05, 0.1) is 13.2 Å². The lowest BCUT2D eigenvalue weighted by atomic mass is 10.0. The SMILES string of the molecule is Nc1cc(-c2cc3c(cc2C(F)F)OCCCO3)on1. The molecule has 2 aromatic rings. The van der Waals surface area contributed by atoms with Gasteiger partial charge in [0.1, 0.15) is 0 Å². The number of hydrogen-bond acceptors (Lipinski definition) is 5. The van der Waals surface area contributed by atoms with Crippen molar-refractivity contribution in [1.82, 2.24) is 5.16 Å². The first-order valence-corrected chi connectivity index (χ1v) is 6.09. The molecule has 0 radical (unpaired) electrons. The molecule has 20 heavy (non-hydrogen) atoms. The molecule has 2 heterocycles. The summed E-state index contributed by atoms with van der Waals surface area (Å²) < 4.78 is 42.3. The van der Waals surface area contributed by atoms with Gasteiger partial charge >= 0.3 is 0 Å². The smallest absolute Gasteiger partial charge is 0.264 e. The van der Waals surface area contributed by atoms with Crippen molar-refractivity contribution in [2.45, 2.75) is 12.8 Å². The van der Waals surface area contributed by atoms with Crippen molar-refractivity contribution < 1.29 is 22.8 Å². The fourth-order valence-corrected chi connectivity index (χ4v) is 2.03. The van der Waals surface area contributed by atoms with Crippen LogP contribution in [0.2, 0.25) is 0 Å². The first-order valence-electron chi connectivity index (χ1n) is 6.09. The lowest BCUT2D eigenvalue weighted by Gasteiger charge is -2.12. The number of alkyl halides is 2. The van der Waals surface area contributed by atoms with E-state index in [1.165, 1.54) is 18.2 Å². The highest BCUT2D eigenvalue weighted by Gasteiger charge is 2.23. The molecule has 0 aliphatic carbocycles. The van der Waals surface area contributed by atoms with Crippen LogP contribution < -0.4 is 15.2 Å². The van der Waals surface area contributed by atoms with E-state index in [9.17, 15) is 8.78 Å². The summed E-state index contributed by atoms with van der Waals surface area (Å²) in [6.07, 6.45) is -1.98. The van der Waals surface area contributed by atoms with E-state index in [0.29, 0.717) is 31.1 Å². The average molecular weight is 282 g/mol. The van der Waals surface area contributed by atoms with Crippen LogP contribution in [-0.2, 0) is 0 Å². The zero-order valence-corrected chi connectivity index (χ0v) is 10.4. The maximum atomic E-state index is 13.2. The third kappa shape index (κ3) is 2.26. The number of nitrogens with zero attached hydrogens (tertiary/aromatic N) is 1. The quantitative estimate of drug-likeness (QED) is 0.916. The van der Waals surface area contributed by atoms with E-state index < -0.39 is 6.43 Å². The standard InChI is InChI=1S/C13H12F2N2O3/c14-13(15)8-5-11-10(18-2-1-3-19-11)4-7(8)9-6-12(16)17-20-9/h4-6,13H,1-3H2,(H2,16,17). The number of halogens is 2. The van der Waals surface area contributed by atoms with Crippen LogP contribution in [0.15, 0.2) is 22.7 Å². The van der Waals surface area contributed by atoms with Gasteiger partial charge in [-0.25, -0.2) is 8.78 Å². The molecule has 1 aliphatic rings. The van der Waals surface area contributed by atoms with Gasteiger partial charge in [-0.05, 0) is 12.1 Å². The van der Waals surface area contributed by atoms with E-state index in [0.717, 1.165) is 0 Å². The van der Waals surface area contributed by atoms with Gasteiger partial charge in [0, 0.05) is 23.6 Å². The topological polar surface area (TPSA) is 70.5 Å². The van der Waals surface area contributed by atoms with E-state index >= 15 is 0 Å². The minimum atomic E-state index is -2.67. The van der Waals surface area contributed by atoms with E-state index in [4.69, 9.17) is 19.7 Å². The highest BCUT2D eigenvalue weighted by Crippen LogP contribution is 2.41. The van der Waals surface area contributed by atoms with Gasteiger partial charge < -0.3 is 19.7 Å². The second kappa shape index (κ2) is 4.99. The van der Waals surface area contributed by atoms with Crippen LogP contribution in [0.3, 0.4) is 0 Å². The molecule has 1 aromatic carbocycles. The fraction of sp³-hybridized carbons (Fsp3) is 0.308. The number of hydrogen-bond donors (Lipinski definition) is 1. The number of benzene rings is 1. The van der Waals surface area contributed by atoms with Gasteiger partial charge in [-0.3, -0.25) is 0 Å². The normalized spacial score (nSPS) is 14.3. The number of nitrogen functional groups attached to an aromatic ring is 1. The molecular formula is C13H12F2N2O3. The number of fused-ring (bicyclic) bond motifs is 1. The van der Waals surface area contributed by atoms with Gasteiger partial charge in [0.25, 0.3) is 6.43 Å². The van der Waals surface area contributed by atoms with Crippen molar-refractivity contribution in [2.24, 2.45) is 0 Å². The number of aromatic nitrogens is 1. The van der Waals surface area contributed by atoms with Gasteiger partial charge in [0.2, 0.25) is 0 Å². The maximum Gasteiger partial charge on any atom is 0.264 e.